The average Bonchev–Trinajstić information content (AvgIpc) is 2.69. The Labute approximate surface area is 172 Å². The molecule has 0 aliphatic heterocycles. The minimum atomic E-state index is -0.793. The van der Waals surface area contributed by atoms with Gasteiger partial charge in [0.25, 0.3) is 0 Å². The molecule has 4 nitrogen and oxygen atoms in total. The van der Waals surface area contributed by atoms with E-state index in [4.69, 9.17) is 55.9 Å². The van der Waals surface area contributed by atoms with Gasteiger partial charge >= 0.3 is 11.9 Å². The molecule has 8 heteroatoms. The fraction of sp³-hybridized carbons (Fsp3) is 0.333. The maximum Gasteiger partial charge on any atom is 0.340 e. The fourth-order valence-corrected chi connectivity index (χ4v) is 3.53. The number of carbonyl (C=O) groups is 2. The summed E-state index contributed by atoms with van der Waals surface area (Å²) in [6, 6.07) is 3.39. The number of methoxy groups -OCH3 is 2. The lowest BCUT2D eigenvalue weighted by atomic mass is 9.96. The van der Waals surface area contributed by atoms with Gasteiger partial charge in [0.15, 0.2) is 0 Å². The summed E-state index contributed by atoms with van der Waals surface area (Å²) in [5, 5.41) is 1.02. The Morgan fingerprint density at radius 2 is 1.12 bits per heavy atom. The van der Waals surface area contributed by atoms with Crippen LogP contribution in [0.1, 0.15) is 45.7 Å². The molecule has 0 amide bonds. The van der Waals surface area contributed by atoms with E-state index in [0.29, 0.717) is 10.8 Å². The molecule has 0 heterocycles. The number of hydrogen-bond donors (Lipinski definition) is 0. The second-order valence-corrected chi connectivity index (χ2v) is 6.09. The van der Waals surface area contributed by atoms with Crippen LogP contribution in [-0.4, -0.2) is 26.2 Å². The van der Waals surface area contributed by atoms with E-state index in [9.17, 15) is 9.59 Å². The zero-order valence-electron chi connectivity index (χ0n) is 14.7. The highest BCUT2D eigenvalue weighted by atomic mass is 35.5. The predicted octanol–water partition coefficient (Wildman–Crippen LogP) is 6.22. The molecular weight excluding hydrogens is 422 g/mol. The third-order valence-electron chi connectivity index (χ3n) is 3.57. The molecule has 0 atom stereocenters. The number of benzene rings is 2. The number of hydrogen-bond acceptors (Lipinski definition) is 4. The van der Waals surface area contributed by atoms with Gasteiger partial charge in [0.1, 0.15) is 0 Å². The van der Waals surface area contributed by atoms with Gasteiger partial charge in [-0.1, -0.05) is 37.0 Å². The maximum atomic E-state index is 12.1. The van der Waals surface area contributed by atoms with Gasteiger partial charge in [0, 0.05) is 22.5 Å². The highest BCUT2D eigenvalue weighted by molar-refractivity contribution is 6.45. The lowest BCUT2D eigenvalue weighted by Gasteiger charge is -2.16. The van der Waals surface area contributed by atoms with E-state index in [-0.39, 0.29) is 32.9 Å². The maximum absolute atomic E-state index is 12.1. The standard InChI is InChI=1S/C16H12Cl4O4.C2H6/c1-23-15(21)11-12(16(22)24-2)14(20)10-4-8(6-18)7(5-17)3-9(10)13(11)19;1-2/h3-4H,5-6H2,1-2H3;1-2H3. The third-order valence-corrected chi connectivity index (χ3v) is 4.93. The number of ether oxygens (including phenoxy) is 2. The Hall–Kier alpha value is -1.20. The molecule has 0 radical (unpaired) electrons. The first-order valence-electron chi connectivity index (χ1n) is 7.66. The number of fused-ring (bicyclic) bond motifs is 1. The van der Waals surface area contributed by atoms with E-state index in [1.807, 2.05) is 13.8 Å². The Morgan fingerprint density at radius 3 is 1.35 bits per heavy atom. The van der Waals surface area contributed by atoms with Crippen molar-refractivity contribution in [3.63, 3.8) is 0 Å². The van der Waals surface area contributed by atoms with Crippen LogP contribution in [0.25, 0.3) is 10.8 Å². The topological polar surface area (TPSA) is 52.6 Å². The quantitative estimate of drug-likeness (QED) is 0.418. The van der Waals surface area contributed by atoms with Crippen molar-refractivity contribution < 1.29 is 19.1 Å². The molecule has 0 aromatic heterocycles. The van der Waals surface area contributed by atoms with Crippen molar-refractivity contribution in [3.8, 4) is 0 Å². The number of alkyl halides is 2. The summed E-state index contributed by atoms with van der Waals surface area (Å²) < 4.78 is 9.44. The molecule has 142 valence electrons. The zero-order valence-corrected chi connectivity index (χ0v) is 17.7. The van der Waals surface area contributed by atoms with Crippen LogP contribution in [0.2, 0.25) is 10.0 Å². The number of esters is 2. The minimum Gasteiger partial charge on any atom is -0.465 e. The second kappa shape index (κ2) is 10.2. The molecular formula is C18H18Cl4O4. The van der Waals surface area contributed by atoms with Crippen LogP contribution in [-0.2, 0) is 21.2 Å². The highest BCUT2D eigenvalue weighted by Gasteiger charge is 2.28. The van der Waals surface area contributed by atoms with E-state index in [1.54, 1.807) is 12.1 Å². The van der Waals surface area contributed by atoms with Crippen LogP contribution >= 0.6 is 46.4 Å². The smallest absolute Gasteiger partial charge is 0.340 e. The number of rotatable bonds is 4. The molecule has 0 fully saturated rings. The Balaban J connectivity index is 0.00000163. The molecule has 2 aromatic carbocycles. The van der Waals surface area contributed by atoms with Gasteiger partial charge in [0.2, 0.25) is 0 Å². The van der Waals surface area contributed by atoms with Gasteiger partial charge in [-0.3, -0.25) is 0 Å². The van der Waals surface area contributed by atoms with E-state index < -0.39 is 11.9 Å². The Bertz CT molecular complexity index is 766. The van der Waals surface area contributed by atoms with Gasteiger partial charge in [-0.2, -0.15) is 0 Å². The van der Waals surface area contributed by atoms with Gasteiger partial charge < -0.3 is 9.47 Å². The van der Waals surface area contributed by atoms with Gasteiger partial charge in [0.05, 0.1) is 35.4 Å². The molecule has 0 aliphatic carbocycles. The first kappa shape index (κ1) is 22.8. The summed E-state index contributed by atoms with van der Waals surface area (Å²) in [6.07, 6.45) is 0. The summed E-state index contributed by atoms with van der Waals surface area (Å²) in [5.41, 5.74) is 1.20. The lowest BCUT2D eigenvalue weighted by molar-refractivity contribution is 0.0556. The van der Waals surface area contributed by atoms with Crippen molar-refractivity contribution in [1.29, 1.82) is 0 Å². The van der Waals surface area contributed by atoms with Crippen molar-refractivity contribution in [2.45, 2.75) is 25.6 Å². The number of halogens is 4. The number of carbonyl (C=O) groups excluding carboxylic acids is 2. The van der Waals surface area contributed by atoms with E-state index in [0.717, 1.165) is 11.1 Å². The zero-order chi connectivity index (χ0) is 20.0. The van der Waals surface area contributed by atoms with Crippen LogP contribution in [0.15, 0.2) is 12.1 Å². The predicted molar refractivity (Wildman–Crippen MR) is 107 cm³/mol. The van der Waals surface area contributed by atoms with Crippen molar-refractivity contribution in [3.05, 3.63) is 44.4 Å². The molecule has 2 rings (SSSR count). The fourth-order valence-electron chi connectivity index (χ4n) is 2.38. The lowest BCUT2D eigenvalue weighted by Crippen LogP contribution is -2.14. The first-order valence-corrected chi connectivity index (χ1v) is 9.48. The summed E-state index contributed by atoms with van der Waals surface area (Å²) >= 11 is 24.6. The largest absolute Gasteiger partial charge is 0.465 e. The van der Waals surface area contributed by atoms with Crippen molar-refractivity contribution in [2.24, 2.45) is 0 Å². The summed E-state index contributed by atoms with van der Waals surface area (Å²) in [5.74, 6) is -1.17. The average molecular weight is 440 g/mol. The van der Waals surface area contributed by atoms with E-state index in [1.165, 1.54) is 14.2 Å². The normalized spacial score (nSPS) is 10.2. The van der Waals surface area contributed by atoms with E-state index >= 15 is 0 Å². The van der Waals surface area contributed by atoms with Gasteiger partial charge in [-0.05, 0) is 23.3 Å². The SMILES string of the molecule is CC.COC(=O)c1c(C(=O)OC)c(Cl)c2cc(CCl)c(CCl)cc2c1Cl. The Morgan fingerprint density at radius 1 is 0.808 bits per heavy atom. The summed E-state index contributed by atoms with van der Waals surface area (Å²) in [4.78, 5) is 24.3. The van der Waals surface area contributed by atoms with Crippen LogP contribution in [0.5, 0.6) is 0 Å². The minimum absolute atomic E-state index is 0.0362. The highest BCUT2D eigenvalue weighted by Crippen LogP contribution is 2.39. The molecule has 0 unspecified atom stereocenters. The molecule has 0 saturated carbocycles. The van der Waals surface area contributed by atoms with E-state index in [2.05, 4.69) is 0 Å². The summed E-state index contributed by atoms with van der Waals surface area (Å²) in [7, 11) is 2.36. The molecule has 26 heavy (non-hydrogen) atoms. The van der Waals surface area contributed by atoms with Crippen molar-refractivity contribution >= 4 is 69.1 Å². The monoisotopic (exact) mass is 438 g/mol. The molecule has 0 saturated heterocycles. The van der Waals surface area contributed by atoms with Crippen molar-refractivity contribution in [1.82, 2.24) is 0 Å². The summed E-state index contributed by atoms with van der Waals surface area (Å²) in [6.45, 7) is 4.00. The van der Waals surface area contributed by atoms with Crippen LogP contribution in [0.4, 0.5) is 0 Å². The van der Waals surface area contributed by atoms with Gasteiger partial charge in [-0.25, -0.2) is 9.59 Å². The van der Waals surface area contributed by atoms with Crippen LogP contribution in [0, 0.1) is 0 Å². The third kappa shape index (κ3) is 4.20. The molecule has 0 bridgehead atoms. The molecule has 0 spiro atoms. The van der Waals surface area contributed by atoms with Crippen LogP contribution in [0.3, 0.4) is 0 Å². The van der Waals surface area contributed by atoms with Gasteiger partial charge in [-0.15, -0.1) is 23.2 Å². The first-order chi connectivity index (χ1) is 12.4. The van der Waals surface area contributed by atoms with Crippen LogP contribution < -0.4 is 0 Å². The Kier molecular flexibility index (Phi) is 8.97. The molecule has 0 aliphatic rings. The molecule has 0 N–H and O–H groups in total. The molecule has 2 aromatic rings. The second-order valence-electron chi connectivity index (χ2n) is 4.79. The van der Waals surface area contributed by atoms with Crippen molar-refractivity contribution in [2.75, 3.05) is 14.2 Å².